The predicted molar refractivity (Wildman–Crippen MR) is 66.9 cm³/mol. The van der Waals surface area contributed by atoms with Crippen LogP contribution in [0.1, 0.15) is 0 Å². The molecule has 8 heteroatoms. The van der Waals surface area contributed by atoms with Gasteiger partial charge in [0.15, 0.2) is 12.2 Å². The lowest BCUT2D eigenvalue weighted by atomic mass is 10.1. The first-order valence-corrected chi connectivity index (χ1v) is 6.76. The van der Waals surface area contributed by atoms with Crippen LogP contribution >= 0.6 is 25.3 Å². The summed E-state index contributed by atoms with van der Waals surface area (Å²) in [5.74, 6) is -0.836. The van der Waals surface area contributed by atoms with Crippen molar-refractivity contribution in [2.45, 2.75) is 24.4 Å². The molecule has 2 fully saturated rings. The Hall–Kier alpha value is -0.440. The Labute approximate surface area is 115 Å². The summed E-state index contributed by atoms with van der Waals surface area (Å²) in [6.07, 6.45) is -1.69. The van der Waals surface area contributed by atoms with Gasteiger partial charge in [0.25, 0.3) is 0 Å². The van der Waals surface area contributed by atoms with Crippen molar-refractivity contribution in [2.75, 3.05) is 24.7 Å². The van der Waals surface area contributed by atoms with Gasteiger partial charge < -0.3 is 18.9 Å². The van der Waals surface area contributed by atoms with E-state index in [9.17, 15) is 9.59 Å². The minimum Gasteiger partial charge on any atom is -0.456 e. The van der Waals surface area contributed by atoms with Crippen LogP contribution in [0.3, 0.4) is 0 Å². The number of hydrogen-bond donors (Lipinski definition) is 2. The second-order valence-corrected chi connectivity index (χ2v) is 4.60. The molecule has 2 heterocycles. The Bertz CT molecular complexity index is 304. The fourth-order valence-corrected chi connectivity index (χ4v) is 2.19. The third-order valence-corrected chi connectivity index (χ3v) is 3.30. The van der Waals surface area contributed by atoms with E-state index in [2.05, 4.69) is 25.3 Å². The molecule has 0 aromatic rings. The van der Waals surface area contributed by atoms with Crippen LogP contribution in [0.2, 0.25) is 0 Å². The van der Waals surface area contributed by atoms with Gasteiger partial charge in [0.2, 0.25) is 0 Å². The quantitative estimate of drug-likeness (QED) is 0.536. The highest BCUT2D eigenvalue weighted by atomic mass is 32.1. The number of carbonyl (C=O) groups excluding carboxylic acids is 2. The highest BCUT2D eigenvalue weighted by Crippen LogP contribution is 2.30. The molecule has 6 nitrogen and oxygen atoms in total. The zero-order valence-corrected chi connectivity index (χ0v) is 11.3. The molecule has 0 spiro atoms. The summed E-state index contributed by atoms with van der Waals surface area (Å²) in [6, 6.07) is 0. The molecular formula is C10H14O6S2. The van der Waals surface area contributed by atoms with Crippen molar-refractivity contribution < 1.29 is 28.5 Å². The number of thiol groups is 2. The number of esters is 2. The molecule has 2 saturated heterocycles. The van der Waals surface area contributed by atoms with Crippen molar-refractivity contribution in [1.82, 2.24) is 0 Å². The number of ether oxygens (including phenoxy) is 4. The normalized spacial score (nSPS) is 34.1. The van der Waals surface area contributed by atoms with Crippen LogP contribution in [0.5, 0.6) is 0 Å². The highest BCUT2D eigenvalue weighted by Gasteiger charge is 2.50. The molecule has 4 atom stereocenters. The van der Waals surface area contributed by atoms with E-state index in [1.54, 1.807) is 0 Å². The lowest BCUT2D eigenvalue weighted by Gasteiger charge is -2.16. The Kier molecular flexibility index (Phi) is 4.77. The lowest BCUT2D eigenvalue weighted by Crippen LogP contribution is -2.36. The van der Waals surface area contributed by atoms with Gasteiger partial charge in [-0.1, -0.05) is 0 Å². The first-order chi connectivity index (χ1) is 8.65. The second-order valence-electron chi connectivity index (χ2n) is 3.97. The fourth-order valence-electron chi connectivity index (χ4n) is 2.04. The zero-order chi connectivity index (χ0) is 13.1. The van der Waals surface area contributed by atoms with Crippen molar-refractivity contribution in [3.8, 4) is 0 Å². The molecule has 0 N–H and O–H groups in total. The average molecular weight is 294 g/mol. The molecule has 0 radical (unpaired) electrons. The van der Waals surface area contributed by atoms with Gasteiger partial charge in [0.05, 0.1) is 24.7 Å². The van der Waals surface area contributed by atoms with Crippen LogP contribution in [0, 0.1) is 0 Å². The Morgan fingerprint density at radius 3 is 1.67 bits per heavy atom. The lowest BCUT2D eigenvalue weighted by molar-refractivity contribution is -0.151. The minimum atomic E-state index is -0.464. The summed E-state index contributed by atoms with van der Waals surface area (Å²) in [4.78, 5) is 22.3. The van der Waals surface area contributed by atoms with Crippen LogP contribution in [-0.2, 0) is 28.5 Å². The molecule has 0 aliphatic carbocycles. The van der Waals surface area contributed by atoms with Crippen molar-refractivity contribution >= 4 is 37.2 Å². The standard InChI is InChI=1S/C10H14O6S2/c11-7(3-17)15-5-1-13-10-6(2-14-9(5)10)16-8(12)4-18/h5-6,9-10,17-18H,1-4H2. The molecule has 18 heavy (non-hydrogen) atoms. The summed E-state index contributed by atoms with van der Waals surface area (Å²) in [5, 5.41) is 0. The maximum absolute atomic E-state index is 11.2. The van der Waals surface area contributed by atoms with E-state index < -0.39 is 24.1 Å². The summed E-state index contributed by atoms with van der Waals surface area (Å²) in [5.41, 5.74) is 0. The molecule has 102 valence electrons. The van der Waals surface area contributed by atoms with Gasteiger partial charge in [-0.2, -0.15) is 25.3 Å². The SMILES string of the molecule is O=C(CS)OC1COC2C(OC(=O)CS)COC12. The van der Waals surface area contributed by atoms with Gasteiger partial charge in [0.1, 0.15) is 12.2 Å². The number of rotatable bonds is 4. The Morgan fingerprint density at radius 2 is 1.33 bits per heavy atom. The molecule has 0 aromatic carbocycles. The zero-order valence-electron chi connectivity index (χ0n) is 9.48. The van der Waals surface area contributed by atoms with Crippen LogP contribution in [0.15, 0.2) is 0 Å². The average Bonchev–Trinajstić information content (AvgIpc) is 2.93. The summed E-state index contributed by atoms with van der Waals surface area (Å²) < 4.78 is 21.2. The van der Waals surface area contributed by atoms with Crippen molar-refractivity contribution in [1.29, 1.82) is 0 Å². The van der Waals surface area contributed by atoms with Gasteiger partial charge in [0, 0.05) is 0 Å². The summed E-state index contributed by atoms with van der Waals surface area (Å²) >= 11 is 7.65. The van der Waals surface area contributed by atoms with Crippen LogP contribution in [0.25, 0.3) is 0 Å². The molecule has 2 rings (SSSR count). The van der Waals surface area contributed by atoms with Crippen LogP contribution in [-0.4, -0.2) is 61.1 Å². The van der Waals surface area contributed by atoms with Crippen molar-refractivity contribution in [2.24, 2.45) is 0 Å². The number of fused-ring (bicyclic) bond motifs is 1. The topological polar surface area (TPSA) is 71.1 Å². The first-order valence-electron chi connectivity index (χ1n) is 5.49. The maximum atomic E-state index is 11.2. The van der Waals surface area contributed by atoms with Gasteiger partial charge in [-0.25, -0.2) is 0 Å². The van der Waals surface area contributed by atoms with E-state index >= 15 is 0 Å². The van der Waals surface area contributed by atoms with Crippen LogP contribution < -0.4 is 0 Å². The van der Waals surface area contributed by atoms with Gasteiger partial charge >= 0.3 is 11.9 Å². The third kappa shape index (κ3) is 2.93. The highest BCUT2D eigenvalue weighted by molar-refractivity contribution is 7.81. The molecule has 0 aromatic heterocycles. The van der Waals surface area contributed by atoms with E-state index in [0.717, 1.165) is 0 Å². The molecule has 0 amide bonds. The third-order valence-electron chi connectivity index (χ3n) is 2.79. The molecule has 4 unspecified atom stereocenters. The smallest absolute Gasteiger partial charge is 0.316 e. The molecular weight excluding hydrogens is 280 g/mol. The van der Waals surface area contributed by atoms with Gasteiger partial charge in [-0.3, -0.25) is 9.59 Å². The van der Waals surface area contributed by atoms with Crippen molar-refractivity contribution in [3.05, 3.63) is 0 Å². The minimum absolute atomic E-state index is 0.00591. The van der Waals surface area contributed by atoms with Gasteiger partial charge in [-0.15, -0.1) is 0 Å². The Balaban J connectivity index is 1.90. The Morgan fingerprint density at radius 1 is 0.944 bits per heavy atom. The van der Waals surface area contributed by atoms with E-state index in [1.807, 2.05) is 0 Å². The molecule has 2 aliphatic rings. The number of carbonyl (C=O) groups is 2. The van der Waals surface area contributed by atoms with Crippen LogP contribution in [0.4, 0.5) is 0 Å². The predicted octanol–water partition coefficient (Wildman–Crippen LogP) is -0.533. The van der Waals surface area contributed by atoms with E-state index in [4.69, 9.17) is 18.9 Å². The van der Waals surface area contributed by atoms with Crippen molar-refractivity contribution in [3.63, 3.8) is 0 Å². The summed E-state index contributed by atoms with van der Waals surface area (Å²) in [7, 11) is 0. The van der Waals surface area contributed by atoms with E-state index in [0.29, 0.717) is 0 Å². The van der Waals surface area contributed by atoms with E-state index in [-0.39, 0.29) is 36.9 Å². The fraction of sp³-hybridized carbons (Fsp3) is 0.800. The first kappa shape index (κ1) is 14.0. The molecule has 2 aliphatic heterocycles. The van der Waals surface area contributed by atoms with Gasteiger partial charge in [-0.05, 0) is 0 Å². The maximum Gasteiger partial charge on any atom is 0.316 e. The monoisotopic (exact) mass is 294 g/mol. The summed E-state index contributed by atoms with van der Waals surface area (Å²) in [6.45, 7) is 0.480. The van der Waals surface area contributed by atoms with E-state index in [1.165, 1.54) is 0 Å². The molecule has 0 saturated carbocycles. The largest absolute Gasteiger partial charge is 0.456 e. The second kappa shape index (κ2) is 6.14. The molecule has 0 bridgehead atoms. The number of hydrogen-bond acceptors (Lipinski definition) is 8.